The quantitative estimate of drug-likeness (QED) is 0.670. The van der Waals surface area contributed by atoms with Crippen molar-refractivity contribution < 1.29 is 14.4 Å². The zero-order valence-corrected chi connectivity index (χ0v) is 15.5. The Balaban J connectivity index is 1.56. The molecule has 0 radical (unpaired) electrons. The first kappa shape index (κ1) is 17.5. The van der Waals surface area contributed by atoms with E-state index >= 15 is 0 Å². The van der Waals surface area contributed by atoms with Gasteiger partial charge in [0, 0.05) is 5.56 Å². The van der Waals surface area contributed by atoms with E-state index in [1.165, 1.54) is 0 Å². The van der Waals surface area contributed by atoms with Gasteiger partial charge in [-0.05, 0) is 35.4 Å². The second-order valence-corrected chi connectivity index (χ2v) is 7.58. The zero-order valence-electron chi connectivity index (χ0n) is 15.5. The van der Waals surface area contributed by atoms with Crippen molar-refractivity contribution in [3.8, 4) is 0 Å². The number of rotatable bonds is 4. The molecule has 5 nitrogen and oxygen atoms in total. The zero-order chi connectivity index (χ0) is 19.2. The van der Waals surface area contributed by atoms with Crippen molar-refractivity contribution in [2.75, 3.05) is 6.54 Å². The summed E-state index contributed by atoms with van der Waals surface area (Å²) in [6, 6.07) is 14.5. The maximum atomic E-state index is 13.1. The summed E-state index contributed by atoms with van der Waals surface area (Å²) >= 11 is 0. The Bertz CT molecular complexity index is 933. The maximum absolute atomic E-state index is 13.1. The number of fused-ring (bicyclic) bond motifs is 2. The summed E-state index contributed by atoms with van der Waals surface area (Å²) in [5.74, 6) is -0.191. The molecule has 1 aliphatic carbocycles. The van der Waals surface area contributed by atoms with Crippen LogP contribution in [0.4, 0.5) is 4.79 Å². The summed E-state index contributed by atoms with van der Waals surface area (Å²) in [6.07, 6.45) is 1.27. The highest BCUT2D eigenvalue weighted by molar-refractivity contribution is 6.11. The molecule has 1 N–H and O–H groups in total. The largest absolute Gasteiger partial charge is 0.325 e. The Morgan fingerprint density at radius 3 is 2.52 bits per heavy atom. The number of nitrogens with zero attached hydrogens (tertiary/aromatic N) is 1. The number of nitrogens with one attached hydrogen (secondary N) is 1. The van der Waals surface area contributed by atoms with Gasteiger partial charge in [0.25, 0.3) is 5.91 Å². The first-order valence-corrected chi connectivity index (χ1v) is 9.28. The molecule has 1 heterocycles. The van der Waals surface area contributed by atoms with E-state index in [1.807, 2.05) is 36.4 Å². The van der Waals surface area contributed by atoms with E-state index in [0.29, 0.717) is 17.9 Å². The van der Waals surface area contributed by atoms with E-state index in [2.05, 4.69) is 19.2 Å². The van der Waals surface area contributed by atoms with E-state index in [9.17, 15) is 14.4 Å². The molecule has 3 amide bonds. The second kappa shape index (κ2) is 6.34. The first-order chi connectivity index (χ1) is 12.9. The number of hydrogen-bond acceptors (Lipinski definition) is 3. The number of aryl methyl sites for hydroxylation is 1. The van der Waals surface area contributed by atoms with Crippen LogP contribution in [-0.4, -0.2) is 29.2 Å². The highest BCUT2D eigenvalue weighted by Crippen LogP contribution is 2.41. The minimum absolute atomic E-state index is 0.239. The highest BCUT2D eigenvalue weighted by atomic mass is 16.2. The highest BCUT2D eigenvalue weighted by Gasteiger charge is 2.55. The lowest BCUT2D eigenvalue weighted by Crippen LogP contribution is -2.42. The summed E-state index contributed by atoms with van der Waals surface area (Å²) in [4.78, 5) is 39.3. The molecule has 1 atom stereocenters. The Kier molecular flexibility index (Phi) is 4.10. The van der Waals surface area contributed by atoms with Crippen LogP contribution < -0.4 is 5.32 Å². The van der Waals surface area contributed by atoms with Crippen LogP contribution in [-0.2, 0) is 16.8 Å². The molecule has 0 unspecified atom stereocenters. The number of ketones is 1. The Morgan fingerprint density at radius 2 is 1.81 bits per heavy atom. The predicted molar refractivity (Wildman–Crippen MR) is 102 cm³/mol. The molecule has 1 fully saturated rings. The average molecular weight is 362 g/mol. The molecule has 4 rings (SSSR count). The van der Waals surface area contributed by atoms with Gasteiger partial charge in [0.15, 0.2) is 5.78 Å². The molecule has 27 heavy (non-hydrogen) atoms. The average Bonchev–Trinajstić information content (AvgIpc) is 3.15. The van der Waals surface area contributed by atoms with E-state index in [-0.39, 0.29) is 18.2 Å². The fraction of sp³-hybridized carbons (Fsp3) is 0.318. The van der Waals surface area contributed by atoms with Crippen LogP contribution in [0.5, 0.6) is 0 Å². The number of carbonyl (C=O) groups excluding carboxylic acids is 3. The first-order valence-electron chi connectivity index (χ1n) is 9.28. The van der Waals surface area contributed by atoms with Crippen molar-refractivity contribution in [2.24, 2.45) is 0 Å². The van der Waals surface area contributed by atoms with Crippen LogP contribution in [0.2, 0.25) is 0 Å². The molecule has 0 aromatic heterocycles. The minimum atomic E-state index is -1.02. The normalized spacial score (nSPS) is 21.1. The molecule has 2 aromatic rings. The van der Waals surface area contributed by atoms with Crippen LogP contribution in [0.15, 0.2) is 48.5 Å². The van der Waals surface area contributed by atoms with Crippen molar-refractivity contribution in [3.63, 3.8) is 0 Å². The molecule has 0 saturated carbocycles. The molecule has 1 aliphatic heterocycles. The van der Waals surface area contributed by atoms with Gasteiger partial charge in [0.2, 0.25) is 0 Å². The molecule has 1 saturated heterocycles. The van der Waals surface area contributed by atoms with Crippen molar-refractivity contribution in [1.82, 2.24) is 10.2 Å². The molecule has 2 aromatic carbocycles. The molecule has 138 valence electrons. The van der Waals surface area contributed by atoms with Gasteiger partial charge in [0.05, 0.1) is 6.54 Å². The molecular weight excluding hydrogens is 340 g/mol. The van der Waals surface area contributed by atoms with Gasteiger partial charge in [-0.25, -0.2) is 4.79 Å². The number of benzene rings is 2. The van der Waals surface area contributed by atoms with Crippen molar-refractivity contribution in [1.29, 1.82) is 0 Å². The Hall–Kier alpha value is -2.95. The minimum Gasteiger partial charge on any atom is -0.319 e. The van der Waals surface area contributed by atoms with Gasteiger partial charge in [-0.2, -0.15) is 0 Å². The van der Waals surface area contributed by atoms with Crippen LogP contribution >= 0.6 is 0 Å². The van der Waals surface area contributed by atoms with E-state index < -0.39 is 11.6 Å². The molecule has 5 heteroatoms. The van der Waals surface area contributed by atoms with Crippen LogP contribution in [0.25, 0.3) is 0 Å². The lowest BCUT2D eigenvalue weighted by Gasteiger charge is -2.22. The van der Waals surface area contributed by atoms with E-state index in [1.54, 1.807) is 12.1 Å². The van der Waals surface area contributed by atoms with Gasteiger partial charge in [-0.15, -0.1) is 0 Å². The number of amides is 3. The third kappa shape index (κ3) is 2.74. The van der Waals surface area contributed by atoms with Gasteiger partial charge < -0.3 is 5.32 Å². The van der Waals surface area contributed by atoms with Crippen LogP contribution in [0, 0.1) is 0 Å². The fourth-order valence-corrected chi connectivity index (χ4v) is 4.02. The van der Waals surface area contributed by atoms with Gasteiger partial charge in [0.1, 0.15) is 5.54 Å². The summed E-state index contributed by atoms with van der Waals surface area (Å²) in [5, 5.41) is 2.85. The molecule has 2 aliphatic rings. The van der Waals surface area contributed by atoms with Crippen LogP contribution in [0.1, 0.15) is 53.2 Å². The van der Waals surface area contributed by atoms with Crippen molar-refractivity contribution in [3.05, 3.63) is 70.8 Å². The lowest BCUT2D eigenvalue weighted by molar-refractivity contribution is -0.131. The summed E-state index contributed by atoms with van der Waals surface area (Å²) in [7, 11) is 0. The van der Waals surface area contributed by atoms with Gasteiger partial charge in [-0.3, -0.25) is 14.5 Å². The predicted octanol–water partition coefficient (Wildman–Crippen LogP) is 3.39. The smallest absolute Gasteiger partial charge is 0.319 e. The number of hydrogen-bond donors (Lipinski definition) is 1. The fourth-order valence-electron chi connectivity index (χ4n) is 4.02. The topological polar surface area (TPSA) is 66.5 Å². The Labute approximate surface area is 158 Å². The lowest BCUT2D eigenvalue weighted by atomic mass is 9.92. The molecular formula is C22H22N2O3. The summed E-state index contributed by atoms with van der Waals surface area (Å²) in [6.45, 7) is 3.93. The monoisotopic (exact) mass is 362 g/mol. The second-order valence-electron chi connectivity index (χ2n) is 7.58. The molecule has 1 spiro atoms. The number of urea groups is 1. The maximum Gasteiger partial charge on any atom is 0.325 e. The third-order valence-corrected chi connectivity index (χ3v) is 5.62. The number of imide groups is 1. The van der Waals surface area contributed by atoms with Crippen LogP contribution in [0.3, 0.4) is 0 Å². The van der Waals surface area contributed by atoms with Crippen molar-refractivity contribution >= 4 is 17.7 Å². The van der Waals surface area contributed by atoms with E-state index in [0.717, 1.165) is 28.0 Å². The summed E-state index contributed by atoms with van der Waals surface area (Å²) < 4.78 is 0. The van der Waals surface area contributed by atoms with Gasteiger partial charge >= 0.3 is 6.03 Å². The standard InChI is InChI=1S/C22H22N2O3/c1-14(2)15-7-9-17(10-8-15)19(25)13-24-20(26)22(23-21(24)27)12-11-16-5-3-4-6-18(16)22/h3-10,14H,11-13H2,1-2H3,(H,23,27)/t22-/m1/s1. The molecule has 0 bridgehead atoms. The number of carbonyl (C=O) groups is 3. The SMILES string of the molecule is CC(C)c1ccc(C(=O)CN2C(=O)N[C@@]3(CCc4ccccc43)C2=O)cc1. The Morgan fingerprint density at radius 1 is 1.11 bits per heavy atom. The van der Waals surface area contributed by atoms with E-state index in [4.69, 9.17) is 0 Å². The number of Topliss-reactive ketones (excluding diaryl/α,β-unsaturated/α-hetero) is 1. The summed E-state index contributed by atoms with van der Waals surface area (Å²) in [5.41, 5.74) is 2.55. The van der Waals surface area contributed by atoms with Gasteiger partial charge in [-0.1, -0.05) is 62.4 Å². The third-order valence-electron chi connectivity index (χ3n) is 5.62. The van der Waals surface area contributed by atoms with Crippen molar-refractivity contribution in [2.45, 2.75) is 38.1 Å².